The molecule has 2 rings (SSSR count). The van der Waals surface area contributed by atoms with Crippen LogP contribution in [-0.4, -0.2) is 19.8 Å². The van der Waals surface area contributed by atoms with Crippen LogP contribution in [0.4, 0.5) is 5.69 Å². The standard InChI is InChI=1S/C9H8N6O/c1-14-9(16)15(13-12-14)8-4-7(11)3-2-6(8)5-10/h2-4H,11H2,1H3. The van der Waals surface area contributed by atoms with E-state index in [1.165, 1.54) is 19.2 Å². The number of nitrogens with two attached hydrogens (primary N) is 1. The van der Waals surface area contributed by atoms with Gasteiger partial charge in [-0.15, -0.1) is 0 Å². The van der Waals surface area contributed by atoms with Gasteiger partial charge in [-0.2, -0.15) is 14.6 Å². The van der Waals surface area contributed by atoms with Gasteiger partial charge in [-0.1, -0.05) is 0 Å². The molecule has 0 saturated heterocycles. The first-order valence-corrected chi connectivity index (χ1v) is 4.42. The number of anilines is 1. The second-order valence-electron chi connectivity index (χ2n) is 3.19. The van der Waals surface area contributed by atoms with Crippen LogP contribution in [0.3, 0.4) is 0 Å². The Bertz CT molecular complexity index is 632. The van der Waals surface area contributed by atoms with E-state index in [-0.39, 0.29) is 0 Å². The first-order valence-electron chi connectivity index (χ1n) is 4.42. The minimum atomic E-state index is -0.429. The van der Waals surface area contributed by atoms with Crippen LogP contribution in [0.15, 0.2) is 23.0 Å². The van der Waals surface area contributed by atoms with Crippen molar-refractivity contribution in [2.45, 2.75) is 0 Å². The number of nitriles is 1. The Hall–Kier alpha value is -2.62. The molecule has 1 aromatic heterocycles. The summed E-state index contributed by atoms with van der Waals surface area (Å²) in [7, 11) is 1.48. The fourth-order valence-corrected chi connectivity index (χ4v) is 1.28. The van der Waals surface area contributed by atoms with E-state index in [0.29, 0.717) is 16.9 Å². The third kappa shape index (κ3) is 1.42. The largest absolute Gasteiger partial charge is 0.399 e. The average molecular weight is 216 g/mol. The molecule has 0 saturated carbocycles. The Morgan fingerprint density at radius 2 is 2.19 bits per heavy atom. The van der Waals surface area contributed by atoms with Gasteiger partial charge in [0.05, 0.1) is 11.3 Å². The molecule has 0 atom stereocenters. The van der Waals surface area contributed by atoms with Crippen molar-refractivity contribution >= 4 is 5.69 Å². The molecule has 16 heavy (non-hydrogen) atoms. The highest BCUT2D eigenvalue weighted by molar-refractivity contribution is 5.56. The zero-order valence-corrected chi connectivity index (χ0v) is 8.45. The van der Waals surface area contributed by atoms with Crippen LogP contribution in [0.5, 0.6) is 0 Å². The summed E-state index contributed by atoms with van der Waals surface area (Å²) < 4.78 is 2.11. The number of nitrogens with zero attached hydrogens (tertiary/aromatic N) is 5. The molecule has 0 spiro atoms. The fraction of sp³-hybridized carbons (Fsp3) is 0.111. The van der Waals surface area contributed by atoms with E-state index in [1.807, 2.05) is 6.07 Å². The summed E-state index contributed by atoms with van der Waals surface area (Å²) in [6.07, 6.45) is 0. The number of aryl methyl sites for hydroxylation is 1. The summed E-state index contributed by atoms with van der Waals surface area (Å²) in [5, 5.41) is 16.1. The minimum absolute atomic E-state index is 0.316. The van der Waals surface area contributed by atoms with Gasteiger partial charge in [-0.3, -0.25) is 0 Å². The molecular weight excluding hydrogens is 208 g/mol. The van der Waals surface area contributed by atoms with E-state index in [0.717, 1.165) is 9.36 Å². The quantitative estimate of drug-likeness (QED) is 0.642. The predicted molar refractivity (Wildman–Crippen MR) is 55.7 cm³/mol. The molecule has 0 radical (unpaired) electrons. The van der Waals surface area contributed by atoms with Gasteiger partial charge in [0.15, 0.2) is 0 Å². The van der Waals surface area contributed by atoms with Crippen LogP contribution >= 0.6 is 0 Å². The Morgan fingerprint density at radius 3 is 2.75 bits per heavy atom. The summed E-state index contributed by atoms with van der Waals surface area (Å²) in [6, 6.07) is 6.59. The van der Waals surface area contributed by atoms with Gasteiger partial charge in [-0.25, -0.2) is 4.79 Å². The van der Waals surface area contributed by atoms with Crippen LogP contribution in [0.1, 0.15) is 5.56 Å². The molecule has 0 unspecified atom stereocenters. The average Bonchev–Trinajstić information content (AvgIpc) is 2.60. The first kappa shape index (κ1) is 9.92. The second-order valence-corrected chi connectivity index (χ2v) is 3.19. The number of rotatable bonds is 1. The van der Waals surface area contributed by atoms with Crippen LogP contribution < -0.4 is 11.4 Å². The van der Waals surface area contributed by atoms with Crippen LogP contribution in [0.2, 0.25) is 0 Å². The van der Waals surface area contributed by atoms with Crippen molar-refractivity contribution in [2.24, 2.45) is 7.05 Å². The number of hydrogen-bond donors (Lipinski definition) is 1. The SMILES string of the molecule is Cn1nnn(-c2cc(N)ccc2C#N)c1=O. The molecule has 0 fully saturated rings. The van der Waals surface area contributed by atoms with E-state index in [1.54, 1.807) is 6.07 Å². The molecule has 0 bridgehead atoms. The molecule has 2 N–H and O–H groups in total. The normalized spacial score (nSPS) is 10.0. The van der Waals surface area contributed by atoms with Crippen molar-refractivity contribution in [2.75, 3.05) is 5.73 Å². The van der Waals surface area contributed by atoms with Crippen LogP contribution in [0.25, 0.3) is 5.69 Å². The molecule has 0 aliphatic rings. The Kier molecular flexibility index (Phi) is 2.17. The molecule has 1 heterocycles. The topological polar surface area (TPSA) is 103 Å². The number of benzene rings is 1. The maximum atomic E-state index is 11.6. The lowest BCUT2D eigenvalue weighted by Gasteiger charge is -2.02. The Balaban J connectivity index is 2.74. The van der Waals surface area contributed by atoms with Gasteiger partial charge in [0.25, 0.3) is 0 Å². The lowest BCUT2D eigenvalue weighted by atomic mass is 10.2. The highest BCUT2D eigenvalue weighted by Gasteiger charge is 2.10. The summed E-state index contributed by atoms with van der Waals surface area (Å²) in [6.45, 7) is 0. The van der Waals surface area contributed by atoms with Crippen molar-refractivity contribution in [1.29, 1.82) is 5.26 Å². The molecule has 0 aliphatic carbocycles. The van der Waals surface area contributed by atoms with Crippen molar-refractivity contribution in [3.63, 3.8) is 0 Å². The molecule has 1 aromatic carbocycles. The monoisotopic (exact) mass is 216 g/mol. The molecule has 0 amide bonds. The van der Waals surface area contributed by atoms with Crippen LogP contribution in [-0.2, 0) is 7.05 Å². The van der Waals surface area contributed by atoms with Crippen LogP contribution in [0, 0.1) is 11.3 Å². The van der Waals surface area contributed by atoms with E-state index in [4.69, 9.17) is 11.0 Å². The maximum Gasteiger partial charge on any atom is 0.368 e. The summed E-state index contributed by atoms with van der Waals surface area (Å²) in [4.78, 5) is 11.6. The van der Waals surface area contributed by atoms with Gasteiger partial charge in [0.2, 0.25) is 0 Å². The molecule has 80 valence electrons. The highest BCUT2D eigenvalue weighted by Crippen LogP contribution is 2.14. The van der Waals surface area contributed by atoms with Gasteiger partial charge >= 0.3 is 5.69 Å². The van der Waals surface area contributed by atoms with E-state index in [2.05, 4.69) is 10.4 Å². The second kappa shape index (κ2) is 3.51. The highest BCUT2D eigenvalue weighted by atomic mass is 16.2. The molecule has 2 aromatic rings. The molecule has 7 heteroatoms. The summed E-state index contributed by atoms with van der Waals surface area (Å²) in [5.41, 5.74) is 6.27. The zero-order chi connectivity index (χ0) is 11.7. The third-order valence-electron chi connectivity index (χ3n) is 2.09. The Morgan fingerprint density at radius 1 is 1.44 bits per heavy atom. The summed E-state index contributed by atoms with van der Waals surface area (Å²) in [5.74, 6) is 0. The first-order chi connectivity index (χ1) is 7.63. The smallest absolute Gasteiger partial charge is 0.368 e. The Labute approximate surface area is 90.3 Å². The lowest BCUT2D eigenvalue weighted by molar-refractivity contribution is 0.693. The number of nitrogen functional groups attached to an aromatic ring is 1. The van der Waals surface area contributed by atoms with Gasteiger partial charge < -0.3 is 5.73 Å². The molecule has 7 nitrogen and oxygen atoms in total. The van der Waals surface area contributed by atoms with E-state index < -0.39 is 5.69 Å². The van der Waals surface area contributed by atoms with Crippen molar-refractivity contribution in [3.05, 3.63) is 34.2 Å². The van der Waals surface area contributed by atoms with E-state index in [9.17, 15) is 4.79 Å². The van der Waals surface area contributed by atoms with Crippen molar-refractivity contribution in [1.82, 2.24) is 19.8 Å². The van der Waals surface area contributed by atoms with Gasteiger partial charge in [0.1, 0.15) is 6.07 Å². The zero-order valence-electron chi connectivity index (χ0n) is 8.45. The minimum Gasteiger partial charge on any atom is -0.399 e. The van der Waals surface area contributed by atoms with Crippen molar-refractivity contribution in [3.8, 4) is 11.8 Å². The maximum absolute atomic E-state index is 11.6. The van der Waals surface area contributed by atoms with Crippen molar-refractivity contribution < 1.29 is 0 Å². The predicted octanol–water partition coefficient (Wildman–Crippen LogP) is -0.580. The number of hydrogen-bond acceptors (Lipinski definition) is 5. The molecule has 0 aliphatic heterocycles. The lowest BCUT2D eigenvalue weighted by Crippen LogP contribution is -2.22. The number of tetrazole rings is 1. The van der Waals surface area contributed by atoms with Gasteiger partial charge in [-0.05, 0) is 28.6 Å². The number of aromatic nitrogens is 4. The third-order valence-corrected chi connectivity index (χ3v) is 2.09. The fourth-order valence-electron chi connectivity index (χ4n) is 1.28. The molecular formula is C9H8N6O. The van der Waals surface area contributed by atoms with Gasteiger partial charge in [0, 0.05) is 12.7 Å². The summed E-state index contributed by atoms with van der Waals surface area (Å²) >= 11 is 0. The van der Waals surface area contributed by atoms with E-state index >= 15 is 0 Å².